The van der Waals surface area contributed by atoms with Crippen LogP contribution in [0.5, 0.6) is 5.75 Å². The second-order valence-electron chi connectivity index (χ2n) is 6.34. The van der Waals surface area contributed by atoms with Crippen LogP contribution in [0.3, 0.4) is 0 Å². The lowest BCUT2D eigenvalue weighted by molar-refractivity contribution is -0.141. The molecule has 0 saturated carbocycles. The smallest absolute Gasteiger partial charge is 0.431 e. The molecule has 1 aromatic heterocycles. The Morgan fingerprint density at radius 1 is 1.27 bits per heavy atom. The molecule has 0 radical (unpaired) electrons. The van der Waals surface area contributed by atoms with Crippen LogP contribution in [0.4, 0.5) is 13.2 Å². The Morgan fingerprint density at radius 2 is 2.00 bits per heavy atom. The molecular weight excluding hydrogens is 349 g/mol. The first kappa shape index (κ1) is 18.0. The Kier molecular flexibility index (Phi) is 4.52. The molecule has 1 aliphatic heterocycles. The summed E-state index contributed by atoms with van der Waals surface area (Å²) in [5.41, 5.74) is -0.888. The minimum atomic E-state index is -4.68. The number of pyridine rings is 1. The largest absolute Gasteiger partial charge is 0.490 e. The van der Waals surface area contributed by atoms with Gasteiger partial charge in [-0.1, -0.05) is 17.7 Å². The van der Waals surface area contributed by atoms with E-state index in [-0.39, 0.29) is 11.7 Å². The maximum absolute atomic E-state index is 12.6. The molecule has 1 aliphatic rings. The van der Waals surface area contributed by atoms with Crippen molar-refractivity contribution in [3.05, 3.63) is 63.1 Å². The molecule has 0 spiro atoms. The van der Waals surface area contributed by atoms with Gasteiger partial charge >= 0.3 is 6.18 Å². The second-order valence-corrected chi connectivity index (χ2v) is 6.34. The van der Waals surface area contributed by atoms with Gasteiger partial charge < -0.3 is 15.0 Å². The van der Waals surface area contributed by atoms with E-state index in [9.17, 15) is 22.8 Å². The van der Waals surface area contributed by atoms with Crippen molar-refractivity contribution in [2.24, 2.45) is 0 Å². The van der Waals surface area contributed by atoms with Crippen molar-refractivity contribution < 1.29 is 22.7 Å². The first-order valence-electron chi connectivity index (χ1n) is 8.03. The number of nitrogens with one attached hydrogen (secondary N) is 2. The summed E-state index contributed by atoms with van der Waals surface area (Å²) in [5.74, 6) is -0.0903. The number of ether oxygens (including phenoxy) is 1. The van der Waals surface area contributed by atoms with Crippen LogP contribution >= 0.6 is 0 Å². The highest BCUT2D eigenvalue weighted by atomic mass is 19.4. The summed E-state index contributed by atoms with van der Waals surface area (Å²) in [6.07, 6.45) is -4.34. The van der Waals surface area contributed by atoms with Crippen molar-refractivity contribution >= 4 is 5.91 Å². The number of aromatic amines is 1. The van der Waals surface area contributed by atoms with Gasteiger partial charge in [0.05, 0.1) is 12.1 Å². The Labute approximate surface area is 147 Å². The molecule has 0 fully saturated rings. The van der Waals surface area contributed by atoms with E-state index in [0.717, 1.165) is 17.2 Å². The van der Waals surface area contributed by atoms with E-state index in [4.69, 9.17) is 4.74 Å². The zero-order chi connectivity index (χ0) is 19.1. The van der Waals surface area contributed by atoms with Crippen molar-refractivity contribution in [3.63, 3.8) is 0 Å². The summed E-state index contributed by atoms with van der Waals surface area (Å²) < 4.78 is 43.6. The van der Waals surface area contributed by atoms with E-state index in [0.29, 0.717) is 18.2 Å². The van der Waals surface area contributed by atoms with Gasteiger partial charge in [-0.2, -0.15) is 13.2 Å². The fraction of sp³-hybridized carbons (Fsp3) is 0.333. The highest BCUT2D eigenvalue weighted by Crippen LogP contribution is 2.35. The quantitative estimate of drug-likeness (QED) is 0.856. The zero-order valence-electron chi connectivity index (χ0n) is 14.1. The molecule has 1 aromatic carbocycles. The maximum atomic E-state index is 12.6. The third-order valence-electron chi connectivity index (χ3n) is 4.20. The van der Waals surface area contributed by atoms with Gasteiger partial charge in [-0.25, -0.2) is 0 Å². The lowest BCUT2D eigenvalue weighted by Crippen LogP contribution is -2.37. The molecule has 2 aromatic rings. The molecule has 0 aliphatic carbocycles. The molecule has 8 heteroatoms. The van der Waals surface area contributed by atoms with Crippen LogP contribution in [0, 0.1) is 6.92 Å². The standard InChI is InChI=1S/C18H17F3N2O3/c1-9-3-5-14-12(7-9)13(8-10(2)26-14)22-16(24)11-4-6-15(18(19,20)21)23-17(11)25/h3-7,10,13H,8H2,1-2H3,(H,22,24)(H,23,25). The number of benzene rings is 1. The van der Waals surface area contributed by atoms with Crippen LogP contribution in [0.2, 0.25) is 0 Å². The van der Waals surface area contributed by atoms with Gasteiger partial charge in [0.2, 0.25) is 0 Å². The van der Waals surface area contributed by atoms with Crippen LogP contribution in [0.1, 0.15) is 46.6 Å². The number of carbonyl (C=O) groups is 1. The minimum absolute atomic E-state index is 0.151. The van der Waals surface area contributed by atoms with Crippen LogP contribution in [-0.4, -0.2) is 17.0 Å². The summed E-state index contributed by atoms with van der Waals surface area (Å²) in [5, 5.41) is 2.73. The van der Waals surface area contributed by atoms with Crippen molar-refractivity contribution in [2.45, 2.75) is 38.6 Å². The van der Waals surface area contributed by atoms with Crippen LogP contribution in [-0.2, 0) is 6.18 Å². The number of halogens is 3. The molecule has 1 amide bonds. The lowest BCUT2D eigenvalue weighted by atomic mass is 9.95. The molecule has 2 atom stereocenters. The average molecular weight is 366 g/mol. The molecular formula is C18H17F3N2O3. The molecule has 2 unspecified atom stereocenters. The number of amides is 1. The Morgan fingerprint density at radius 3 is 2.65 bits per heavy atom. The van der Waals surface area contributed by atoms with E-state index in [1.165, 1.54) is 0 Å². The predicted octanol–water partition coefficient (Wildman–Crippen LogP) is 3.34. The summed E-state index contributed by atoms with van der Waals surface area (Å²) in [6.45, 7) is 3.75. The molecule has 0 saturated heterocycles. The number of rotatable bonds is 2. The van der Waals surface area contributed by atoms with E-state index in [1.807, 2.05) is 32.0 Å². The Bertz CT molecular complexity index is 905. The first-order valence-corrected chi connectivity index (χ1v) is 8.03. The predicted molar refractivity (Wildman–Crippen MR) is 88.2 cm³/mol. The molecule has 138 valence electrons. The number of hydrogen-bond acceptors (Lipinski definition) is 3. The number of fused-ring (bicyclic) bond motifs is 1. The SMILES string of the molecule is Cc1ccc2c(c1)C(NC(=O)c1ccc(C(F)(F)F)[nH]c1=O)CC(C)O2. The van der Waals surface area contributed by atoms with Gasteiger partial charge in [0.25, 0.3) is 11.5 Å². The number of H-pyrrole nitrogens is 1. The zero-order valence-corrected chi connectivity index (χ0v) is 14.1. The Hall–Kier alpha value is -2.77. The van der Waals surface area contributed by atoms with Gasteiger partial charge in [0, 0.05) is 12.0 Å². The van der Waals surface area contributed by atoms with Crippen molar-refractivity contribution in [1.82, 2.24) is 10.3 Å². The Balaban J connectivity index is 1.87. The van der Waals surface area contributed by atoms with E-state index >= 15 is 0 Å². The summed E-state index contributed by atoms with van der Waals surface area (Å²) >= 11 is 0. The van der Waals surface area contributed by atoms with Gasteiger partial charge in [-0.05, 0) is 32.0 Å². The van der Waals surface area contributed by atoms with Crippen LogP contribution in [0.25, 0.3) is 0 Å². The fourth-order valence-corrected chi connectivity index (χ4v) is 2.96. The molecule has 5 nitrogen and oxygen atoms in total. The number of carbonyl (C=O) groups excluding carboxylic acids is 1. The summed E-state index contributed by atoms with van der Waals surface area (Å²) in [6, 6.07) is 6.74. The van der Waals surface area contributed by atoms with Crippen LogP contribution in [0.15, 0.2) is 35.1 Å². The maximum Gasteiger partial charge on any atom is 0.431 e. The van der Waals surface area contributed by atoms with Crippen LogP contribution < -0.4 is 15.6 Å². The van der Waals surface area contributed by atoms with Crippen molar-refractivity contribution in [1.29, 1.82) is 0 Å². The minimum Gasteiger partial charge on any atom is -0.490 e. The van der Waals surface area contributed by atoms with Gasteiger partial charge in [0.1, 0.15) is 17.0 Å². The first-order chi connectivity index (χ1) is 12.1. The molecule has 3 rings (SSSR count). The summed E-state index contributed by atoms with van der Waals surface area (Å²) in [7, 11) is 0. The fourth-order valence-electron chi connectivity index (χ4n) is 2.96. The number of aryl methyl sites for hydroxylation is 1. The summed E-state index contributed by atoms with van der Waals surface area (Å²) in [4.78, 5) is 26.0. The second kappa shape index (κ2) is 6.51. The van der Waals surface area contributed by atoms with Gasteiger partial charge in [-0.3, -0.25) is 9.59 Å². The monoisotopic (exact) mass is 366 g/mol. The molecule has 2 heterocycles. The molecule has 2 N–H and O–H groups in total. The number of alkyl halides is 3. The van der Waals surface area contributed by atoms with E-state index in [2.05, 4.69) is 5.32 Å². The lowest BCUT2D eigenvalue weighted by Gasteiger charge is -2.31. The highest BCUT2D eigenvalue weighted by Gasteiger charge is 2.33. The average Bonchev–Trinajstić information content (AvgIpc) is 2.54. The van der Waals surface area contributed by atoms with E-state index < -0.39 is 29.4 Å². The van der Waals surface area contributed by atoms with Crippen molar-refractivity contribution in [2.75, 3.05) is 0 Å². The van der Waals surface area contributed by atoms with Gasteiger partial charge in [0.15, 0.2) is 0 Å². The normalized spacial score (nSPS) is 19.4. The van der Waals surface area contributed by atoms with E-state index in [1.54, 1.807) is 4.98 Å². The third kappa shape index (κ3) is 3.58. The topological polar surface area (TPSA) is 71.2 Å². The number of hydrogen-bond donors (Lipinski definition) is 2. The van der Waals surface area contributed by atoms with Crippen molar-refractivity contribution in [3.8, 4) is 5.75 Å². The molecule has 26 heavy (non-hydrogen) atoms. The highest BCUT2D eigenvalue weighted by molar-refractivity contribution is 5.94. The third-order valence-corrected chi connectivity index (χ3v) is 4.20. The number of aromatic nitrogens is 1. The van der Waals surface area contributed by atoms with Gasteiger partial charge in [-0.15, -0.1) is 0 Å². The molecule has 0 bridgehead atoms.